The Kier molecular flexibility index (Phi) is 6.70. The minimum atomic E-state index is 0.486. The fourth-order valence-corrected chi connectivity index (χ4v) is 3.74. The number of nitrogens with zero attached hydrogens (tertiary/aromatic N) is 6. The number of furan rings is 1. The molecule has 35 heavy (non-hydrogen) atoms. The summed E-state index contributed by atoms with van der Waals surface area (Å²) in [7, 11) is 0. The summed E-state index contributed by atoms with van der Waals surface area (Å²) in [5.41, 5.74) is 2.67. The molecular formula is C26H16Cl2N6O. The first-order chi connectivity index (χ1) is 17.2. The van der Waals surface area contributed by atoms with Crippen LogP contribution in [0.1, 0.15) is 0 Å². The third-order valence-electron chi connectivity index (χ3n) is 4.88. The molecule has 5 aromatic rings. The predicted octanol–water partition coefficient (Wildman–Crippen LogP) is 9.54. The summed E-state index contributed by atoms with van der Waals surface area (Å²) in [6.45, 7) is 0. The van der Waals surface area contributed by atoms with E-state index in [0.29, 0.717) is 44.6 Å². The highest BCUT2D eigenvalue weighted by Gasteiger charge is 2.13. The maximum absolute atomic E-state index is 6.51. The van der Waals surface area contributed by atoms with Gasteiger partial charge in [-0.2, -0.15) is 0 Å². The minimum Gasteiger partial charge on any atom is -0.456 e. The fourth-order valence-electron chi connectivity index (χ4n) is 3.20. The molecule has 9 heteroatoms. The highest BCUT2D eigenvalue weighted by Crippen LogP contribution is 2.38. The fraction of sp³-hybridized carbons (Fsp3) is 0. The lowest BCUT2D eigenvalue weighted by molar-refractivity contribution is 0.597. The van der Waals surface area contributed by atoms with E-state index in [9.17, 15) is 0 Å². The molecule has 3 aromatic heterocycles. The zero-order chi connectivity index (χ0) is 24.0. The second-order valence-corrected chi connectivity index (χ2v) is 8.08. The van der Waals surface area contributed by atoms with Crippen molar-refractivity contribution in [3.63, 3.8) is 0 Å². The zero-order valence-corrected chi connectivity index (χ0v) is 19.6. The van der Waals surface area contributed by atoms with Crippen molar-refractivity contribution in [3.8, 4) is 22.6 Å². The molecule has 0 aliphatic carbocycles. The first-order valence-corrected chi connectivity index (χ1v) is 11.3. The molecule has 0 fully saturated rings. The topological polar surface area (TPSA) is 88.4 Å². The van der Waals surface area contributed by atoms with E-state index in [0.717, 1.165) is 11.1 Å². The van der Waals surface area contributed by atoms with Gasteiger partial charge in [-0.3, -0.25) is 0 Å². The van der Waals surface area contributed by atoms with E-state index in [4.69, 9.17) is 27.6 Å². The lowest BCUT2D eigenvalue weighted by Gasteiger charge is -2.04. The normalized spacial score (nSPS) is 11.5. The van der Waals surface area contributed by atoms with Crippen molar-refractivity contribution in [2.45, 2.75) is 0 Å². The van der Waals surface area contributed by atoms with E-state index >= 15 is 0 Å². The van der Waals surface area contributed by atoms with Crippen molar-refractivity contribution in [1.29, 1.82) is 0 Å². The molecule has 0 amide bonds. The molecule has 170 valence electrons. The Morgan fingerprint density at radius 3 is 1.43 bits per heavy atom. The molecule has 0 unspecified atom stereocenters. The summed E-state index contributed by atoms with van der Waals surface area (Å²) < 4.78 is 6.06. The van der Waals surface area contributed by atoms with Crippen molar-refractivity contribution >= 4 is 46.2 Å². The minimum absolute atomic E-state index is 0.486. The molecule has 0 bridgehead atoms. The predicted molar refractivity (Wildman–Crippen MR) is 136 cm³/mol. The van der Waals surface area contributed by atoms with Gasteiger partial charge in [-0.1, -0.05) is 35.3 Å². The summed E-state index contributed by atoms with van der Waals surface area (Å²) in [6, 6.07) is 25.3. The van der Waals surface area contributed by atoms with Crippen molar-refractivity contribution in [2.24, 2.45) is 20.5 Å². The first-order valence-electron chi connectivity index (χ1n) is 10.5. The van der Waals surface area contributed by atoms with Crippen LogP contribution in [0.25, 0.3) is 22.6 Å². The summed E-state index contributed by atoms with van der Waals surface area (Å²) in [4.78, 5) is 8.23. The summed E-state index contributed by atoms with van der Waals surface area (Å²) in [6.07, 6.45) is 3.32. The Morgan fingerprint density at radius 1 is 0.543 bits per heavy atom. The molecule has 0 aliphatic rings. The van der Waals surface area contributed by atoms with Gasteiger partial charge in [0, 0.05) is 23.5 Å². The highest BCUT2D eigenvalue weighted by molar-refractivity contribution is 6.34. The molecular weight excluding hydrogens is 483 g/mol. The van der Waals surface area contributed by atoms with Crippen LogP contribution in [0, 0.1) is 0 Å². The molecule has 0 atom stereocenters. The average molecular weight is 499 g/mol. The number of rotatable bonds is 6. The van der Waals surface area contributed by atoms with Crippen LogP contribution in [0.2, 0.25) is 10.0 Å². The van der Waals surface area contributed by atoms with Gasteiger partial charge in [0.1, 0.15) is 11.5 Å². The van der Waals surface area contributed by atoms with Crippen LogP contribution >= 0.6 is 23.2 Å². The molecule has 0 spiro atoms. The SMILES string of the molecule is Clc1cc(/N=N/c2ccccn2)ccc1-c1ccc(-c2ccc(/N=N/c3ccccn3)cc2Cl)o1. The maximum Gasteiger partial charge on any atom is 0.174 e. The highest BCUT2D eigenvalue weighted by atomic mass is 35.5. The van der Waals surface area contributed by atoms with Gasteiger partial charge in [0.05, 0.1) is 21.4 Å². The van der Waals surface area contributed by atoms with Gasteiger partial charge >= 0.3 is 0 Å². The van der Waals surface area contributed by atoms with E-state index < -0.39 is 0 Å². The lowest BCUT2D eigenvalue weighted by Crippen LogP contribution is -1.78. The molecule has 0 saturated carbocycles. The van der Waals surface area contributed by atoms with E-state index in [1.54, 1.807) is 36.7 Å². The van der Waals surface area contributed by atoms with Gasteiger partial charge in [0.2, 0.25) is 0 Å². The second-order valence-electron chi connectivity index (χ2n) is 7.27. The van der Waals surface area contributed by atoms with Crippen molar-refractivity contribution < 1.29 is 4.42 Å². The Balaban J connectivity index is 1.34. The van der Waals surface area contributed by atoms with Gasteiger partial charge in [0.15, 0.2) is 11.6 Å². The van der Waals surface area contributed by atoms with Crippen molar-refractivity contribution in [2.75, 3.05) is 0 Å². The first kappa shape index (κ1) is 22.6. The van der Waals surface area contributed by atoms with E-state index in [-0.39, 0.29) is 0 Å². The smallest absolute Gasteiger partial charge is 0.174 e. The summed E-state index contributed by atoms with van der Waals surface area (Å²) in [5, 5.41) is 17.6. The van der Waals surface area contributed by atoms with Crippen LogP contribution < -0.4 is 0 Å². The largest absolute Gasteiger partial charge is 0.456 e. The van der Waals surface area contributed by atoms with Crippen LogP contribution in [-0.4, -0.2) is 9.97 Å². The van der Waals surface area contributed by atoms with Crippen molar-refractivity contribution in [1.82, 2.24) is 9.97 Å². The molecule has 7 nitrogen and oxygen atoms in total. The van der Waals surface area contributed by atoms with Gasteiger partial charge in [0.25, 0.3) is 0 Å². The Hall–Kier alpha value is -4.20. The van der Waals surface area contributed by atoms with Gasteiger partial charge in [-0.15, -0.1) is 20.5 Å². The number of aromatic nitrogens is 2. The van der Waals surface area contributed by atoms with Crippen LogP contribution in [0.4, 0.5) is 23.0 Å². The summed E-state index contributed by atoms with van der Waals surface area (Å²) in [5.74, 6) is 2.25. The molecule has 0 saturated heterocycles. The number of pyridine rings is 2. The molecule has 0 aliphatic heterocycles. The Labute approximate surface area is 210 Å². The van der Waals surface area contributed by atoms with Crippen LogP contribution in [0.3, 0.4) is 0 Å². The van der Waals surface area contributed by atoms with Gasteiger partial charge < -0.3 is 4.42 Å². The van der Waals surface area contributed by atoms with Crippen LogP contribution in [-0.2, 0) is 0 Å². The summed E-state index contributed by atoms with van der Waals surface area (Å²) >= 11 is 13.0. The van der Waals surface area contributed by atoms with Crippen LogP contribution in [0.15, 0.2) is 122 Å². The standard InChI is InChI=1S/C26H16Cl2N6O/c27-21-15-17(31-33-25-5-1-3-13-29-25)7-9-19(21)23-11-12-24(35-23)20-10-8-18(16-22(20)28)32-34-26-6-2-4-14-30-26/h1-16H/b33-31+,34-32+. The molecule has 0 N–H and O–H groups in total. The van der Waals surface area contributed by atoms with Gasteiger partial charge in [-0.05, 0) is 72.8 Å². The molecule has 2 aromatic carbocycles. The number of hydrogen-bond acceptors (Lipinski definition) is 7. The van der Waals surface area contributed by atoms with E-state index in [2.05, 4.69) is 30.4 Å². The maximum atomic E-state index is 6.51. The third-order valence-corrected chi connectivity index (χ3v) is 5.50. The lowest BCUT2D eigenvalue weighted by atomic mass is 10.1. The van der Waals surface area contributed by atoms with E-state index in [1.165, 1.54) is 0 Å². The van der Waals surface area contributed by atoms with E-state index in [1.807, 2.05) is 60.7 Å². The van der Waals surface area contributed by atoms with Gasteiger partial charge in [-0.25, -0.2) is 9.97 Å². The monoisotopic (exact) mass is 498 g/mol. The zero-order valence-electron chi connectivity index (χ0n) is 18.1. The number of benzene rings is 2. The molecule has 5 rings (SSSR count). The number of halogens is 2. The Bertz CT molecular complexity index is 1400. The van der Waals surface area contributed by atoms with Crippen LogP contribution in [0.5, 0.6) is 0 Å². The third kappa shape index (κ3) is 5.48. The average Bonchev–Trinajstić information content (AvgIpc) is 3.37. The quantitative estimate of drug-likeness (QED) is 0.218. The molecule has 3 heterocycles. The Morgan fingerprint density at radius 2 is 1.03 bits per heavy atom. The second kappa shape index (κ2) is 10.4. The number of azo groups is 2. The van der Waals surface area contributed by atoms with Crippen molar-refractivity contribution in [3.05, 3.63) is 107 Å². The number of hydrogen-bond donors (Lipinski definition) is 0. The molecule has 0 radical (unpaired) electrons.